The first-order chi connectivity index (χ1) is 18.7. The van der Waals surface area contributed by atoms with E-state index in [1.165, 1.54) is 22.3 Å². The summed E-state index contributed by atoms with van der Waals surface area (Å²) < 4.78 is 26.9. The second-order valence-corrected chi connectivity index (χ2v) is 8.59. The maximum absolute atomic E-state index is 12.2. The predicted octanol–water partition coefficient (Wildman–Crippen LogP) is 4.43. The van der Waals surface area contributed by atoms with E-state index >= 15 is 0 Å². The highest BCUT2D eigenvalue weighted by atomic mass is 16.6. The van der Waals surface area contributed by atoms with Crippen LogP contribution in [0.15, 0.2) is 78.9 Å². The van der Waals surface area contributed by atoms with Gasteiger partial charge in [0.2, 0.25) is 0 Å². The van der Waals surface area contributed by atoms with Gasteiger partial charge in [0.1, 0.15) is 13.2 Å². The molecule has 200 valence electrons. The summed E-state index contributed by atoms with van der Waals surface area (Å²) in [5.74, 6) is -0.328. The molecule has 1 amide bonds. The van der Waals surface area contributed by atoms with Crippen molar-refractivity contribution in [3.05, 3.63) is 95.6 Å². The quantitative estimate of drug-likeness (QED) is 0.235. The van der Waals surface area contributed by atoms with Crippen LogP contribution in [0.25, 0.3) is 11.1 Å². The zero-order valence-corrected chi connectivity index (χ0v) is 21.3. The number of fused-ring (bicyclic) bond motifs is 3. The molecule has 1 aliphatic rings. The van der Waals surface area contributed by atoms with Crippen molar-refractivity contribution in [3.63, 3.8) is 0 Å². The fourth-order valence-electron chi connectivity index (χ4n) is 4.27. The van der Waals surface area contributed by atoms with Gasteiger partial charge in [-0.2, -0.15) is 0 Å². The first kappa shape index (κ1) is 27.3. The molecule has 8 heteroatoms. The molecule has 0 unspecified atom stereocenters. The molecule has 0 saturated carbocycles. The lowest BCUT2D eigenvalue weighted by Crippen LogP contribution is -2.29. The molecule has 1 N–H and O–H groups in total. The topological polar surface area (TPSA) is 92.3 Å². The van der Waals surface area contributed by atoms with E-state index in [0.29, 0.717) is 51.7 Å². The predicted molar refractivity (Wildman–Crippen MR) is 142 cm³/mol. The van der Waals surface area contributed by atoms with Crippen molar-refractivity contribution in [2.75, 3.05) is 59.4 Å². The van der Waals surface area contributed by atoms with Gasteiger partial charge < -0.3 is 29.0 Å². The highest BCUT2D eigenvalue weighted by Crippen LogP contribution is 2.44. The van der Waals surface area contributed by atoms with E-state index in [4.69, 9.17) is 23.7 Å². The van der Waals surface area contributed by atoms with Gasteiger partial charge in [-0.3, -0.25) is 0 Å². The number of ether oxygens (including phenoxy) is 5. The number of carbonyl (C=O) groups is 2. The van der Waals surface area contributed by atoms with Gasteiger partial charge in [-0.15, -0.1) is 0 Å². The highest BCUT2D eigenvalue weighted by molar-refractivity contribution is 5.89. The van der Waals surface area contributed by atoms with Crippen LogP contribution in [0.2, 0.25) is 0 Å². The Hall–Kier alpha value is -3.72. The summed E-state index contributed by atoms with van der Waals surface area (Å²) in [5.41, 5.74) is 5.28. The van der Waals surface area contributed by atoms with Crippen molar-refractivity contribution >= 4 is 12.1 Å². The molecule has 0 atom stereocenters. The van der Waals surface area contributed by atoms with Crippen LogP contribution in [0.4, 0.5) is 4.79 Å². The Kier molecular flexibility index (Phi) is 10.7. The number of hydrogen-bond acceptors (Lipinski definition) is 7. The van der Waals surface area contributed by atoms with E-state index in [1.807, 2.05) is 30.3 Å². The molecule has 0 spiro atoms. The third kappa shape index (κ3) is 7.89. The molecule has 3 aromatic rings. The van der Waals surface area contributed by atoms with E-state index in [0.717, 1.165) is 0 Å². The van der Waals surface area contributed by atoms with Crippen LogP contribution >= 0.6 is 0 Å². The number of benzene rings is 3. The molecule has 0 fully saturated rings. The number of amides is 1. The van der Waals surface area contributed by atoms with Crippen LogP contribution in [0.3, 0.4) is 0 Å². The van der Waals surface area contributed by atoms with Gasteiger partial charge in [0, 0.05) is 12.5 Å². The normalized spacial score (nSPS) is 12.0. The number of carbonyl (C=O) groups excluding carboxylic acids is 2. The Morgan fingerprint density at radius 2 is 1.13 bits per heavy atom. The first-order valence-corrected chi connectivity index (χ1v) is 12.8. The van der Waals surface area contributed by atoms with Gasteiger partial charge in [-0.1, -0.05) is 66.7 Å². The third-order valence-corrected chi connectivity index (χ3v) is 6.07. The fraction of sp³-hybridized carbons (Fsp3) is 0.333. The Bertz CT molecular complexity index is 1120. The third-order valence-electron chi connectivity index (χ3n) is 6.07. The number of hydrogen-bond donors (Lipinski definition) is 1. The van der Waals surface area contributed by atoms with Gasteiger partial charge >= 0.3 is 12.1 Å². The standard InChI is InChI=1S/C30H33NO7/c32-29(23-8-2-1-3-9-23)37-21-20-36-19-18-35-17-16-34-15-14-31-30(33)38-22-28-26-12-6-4-10-24(26)25-11-5-7-13-27(25)28/h1-13,28H,14-22H2,(H,31,33). The maximum atomic E-state index is 12.2. The molecule has 4 rings (SSSR count). The summed E-state index contributed by atoms with van der Waals surface area (Å²) >= 11 is 0. The minimum absolute atomic E-state index is 0.0369. The SMILES string of the molecule is O=C(NCCOCCOCCOCCOC(=O)c1ccccc1)OCC1c2ccccc2-c2ccccc21. The molecule has 0 aromatic heterocycles. The molecule has 38 heavy (non-hydrogen) atoms. The van der Waals surface area contributed by atoms with Gasteiger partial charge in [-0.25, -0.2) is 9.59 Å². The van der Waals surface area contributed by atoms with Crippen LogP contribution < -0.4 is 5.32 Å². The van der Waals surface area contributed by atoms with Crippen LogP contribution in [-0.4, -0.2) is 71.5 Å². The molecule has 1 aliphatic carbocycles. The minimum Gasteiger partial charge on any atom is -0.460 e. The lowest BCUT2D eigenvalue weighted by atomic mass is 9.98. The number of nitrogens with one attached hydrogen (secondary N) is 1. The second kappa shape index (κ2) is 14.9. The van der Waals surface area contributed by atoms with E-state index in [2.05, 4.69) is 29.6 Å². The van der Waals surface area contributed by atoms with Crippen molar-refractivity contribution in [3.8, 4) is 11.1 Å². The number of esters is 1. The molecular formula is C30H33NO7. The Balaban J connectivity index is 0.975. The largest absolute Gasteiger partial charge is 0.460 e. The Morgan fingerprint density at radius 1 is 0.605 bits per heavy atom. The molecule has 0 heterocycles. The smallest absolute Gasteiger partial charge is 0.407 e. The average Bonchev–Trinajstić information content (AvgIpc) is 3.28. The van der Waals surface area contributed by atoms with E-state index < -0.39 is 6.09 Å². The maximum Gasteiger partial charge on any atom is 0.407 e. The Morgan fingerprint density at radius 3 is 1.76 bits per heavy atom. The zero-order valence-electron chi connectivity index (χ0n) is 21.3. The van der Waals surface area contributed by atoms with Crippen LogP contribution in [-0.2, 0) is 23.7 Å². The molecule has 0 bridgehead atoms. The summed E-state index contributed by atoms with van der Waals surface area (Å²) in [4.78, 5) is 23.9. The van der Waals surface area contributed by atoms with Crippen molar-refractivity contribution in [2.45, 2.75) is 5.92 Å². The van der Waals surface area contributed by atoms with Gasteiger partial charge in [0.25, 0.3) is 0 Å². The lowest BCUT2D eigenvalue weighted by Gasteiger charge is -2.14. The van der Waals surface area contributed by atoms with Crippen molar-refractivity contribution in [1.82, 2.24) is 5.32 Å². The Labute approximate surface area is 222 Å². The van der Waals surface area contributed by atoms with Crippen LogP contribution in [0.1, 0.15) is 27.4 Å². The van der Waals surface area contributed by atoms with Crippen molar-refractivity contribution in [1.29, 1.82) is 0 Å². The summed E-state index contributed by atoms with van der Waals surface area (Å²) in [7, 11) is 0. The summed E-state index contributed by atoms with van der Waals surface area (Å²) in [6.45, 7) is 3.11. The molecule has 0 saturated heterocycles. The van der Waals surface area contributed by atoms with Crippen LogP contribution in [0.5, 0.6) is 0 Å². The number of rotatable bonds is 15. The second-order valence-electron chi connectivity index (χ2n) is 8.59. The molecule has 3 aromatic carbocycles. The molecule has 8 nitrogen and oxygen atoms in total. The molecular weight excluding hydrogens is 486 g/mol. The summed E-state index contributed by atoms with van der Waals surface area (Å²) in [6.07, 6.45) is -0.460. The monoisotopic (exact) mass is 519 g/mol. The first-order valence-electron chi connectivity index (χ1n) is 12.8. The summed E-state index contributed by atoms with van der Waals surface area (Å²) in [6, 6.07) is 25.3. The average molecular weight is 520 g/mol. The minimum atomic E-state index is -0.460. The summed E-state index contributed by atoms with van der Waals surface area (Å²) in [5, 5.41) is 2.72. The van der Waals surface area contributed by atoms with E-state index in [-0.39, 0.29) is 25.1 Å². The highest BCUT2D eigenvalue weighted by Gasteiger charge is 2.28. The van der Waals surface area contributed by atoms with Crippen molar-refractivity contribution < 1.29 is 33.3 Å². The zero-order chi connectivity index (χ0) is 26.4. The van der Waals surface area contributed by atoms with Gasteiger partial charge in [0.05, 0.1) is 45.2 Å². The van der Waals surface area contributed by atoms with Crippen molar-refractivity contribution in [2.24, 2.45) is 0 Å². The van der Waals surface area contributed by atoms with Gasteiger partial charge in [0.15, 0.2) is 0 Å². The molecule has 0 aliphatic heterocycles. The number of alkyl carbamates (subject to hydrolysis) is 1. The van der Waals surface area contributed by atoms with E-state index in [9.17, 15) is 9.59 Å². The fourth-order valence-corrected chi connectivity index (χ4v) is 4.27. The van der Waals surface area contributed by atoms with Gasteiger partial charge in [-0.05, 0) is 34.4 Å². The lowest BCUT2D eigenvalue weighted by molar-refractivity contribution is 0.000880. The molecule has 0 radical (unpaired) electrons. The van der Waals surface area contributed by atoms with Crippen LogP contribution in [0, 0.1) is 0 Å². The van der Waals surface area contributed by atoms with E-state index in [1.54, 1.807) is 24.3 Å².